The van der Waals surface area contributed by atoms with Crippen molar-refractivity contribution in [2.24, 2.45) is 0 Å². The standard InChI is InChI=1S/C20H24N4O4/c1-21-19(26)14-6-8-16(9-7-14)24-18(25)13-23-17-5-3-4-15(12-17)20(27)22-10-11-28-2/h3-9,12,23H,10-11,13H2,1-2H3,(H,21,26)(H,22,27)(H,24,25). The first-order valence-corrected chi connectivity index (χ1v) is 8.76. The van der Waals surface area contributed by atoms with Crippen molar-refractivity contribution in [3.05, 3.63) is 59.7 Å². The van der Waals surface area contributed by atoms with E-state index in [-0.39, 0.29) is 24.3 Å². The predicted molar refractivity (Wildman–Crippen MR) is 108 cm³/mol. The maximum atomic E-state index is 12.1. The van der Waals surface area contributed by atoms with Crippen LogP contribution in [0, 0.1) is 0 Å². The highest BCUT2D eigenvalue weighted by Crippen LogP contribution is 2.12. The molecule has 8 nitrogen and oxygen atoms in total. The fourth-order valence-corrected chi connectivity index (χ4v) is 2.38. The van der Waals surface area contributed by atoms with Crippen molar-refractivity contribution in [1.82, 2.24) is 10.6 Å². The fourth-order valence-electron chi connectivity index (χ4n) is 2.38. The van der Waals surface area contributed by atoms with E-state index < -0.39 is 0 Å². The van der Waals surface area contributed by atoms with Crippen LogP contribution < -0.4 is 21.3 Å². The summed E-state index contributed by atoms with van der Waals surface area (Å²) in [6, 6.07) is 13.5. The third-order valence-electron chi connectivity index (χ3n) is 3.83. The van der Waals surface area contributed by atoms with Crippen LogP contribution in [0.5, 0.6) is 0 Å². The van der Waals surface area contributed by atoms with Gasteiger partial charge in [-0.15, -0.1) is 0 Å². The van der Waals surface area contributed by atoms with Crippen LogP contribution in [0.25, 0.3) is 0 Å². The Balaban J connectivity index is 1.86. The number of anilines is 2. The van der Waals surface area contributed by atoms with Gasteiger partial charge >= 0.3 is 0 Å². The highest BCUT2D eigenvalue weighted by Gasteiger charge is 2.08. The number of rotatable bonds is 9. The van der Waals surface area contributed by atoms with Crippen molar-refractivity contribution >= 4 is 29.1 Å². The summed E-state index contributed by atoms with van der Waals surface area (Å²) in [5.74, 6) is -0.644. The van der Waals surface area contributed by atoms with Gasteiger partial charge in [0.1, 0.15) is 0 Å². The predicted octanol–water partition coefficient (Wildman–Crippen LogP) is 1.47. The molecule has 2 rings (SSSR count). The molecule has 0 saturated carbocycles. The van der Waals surface area contributed by atoms with E-state index in [1.807, 2.05) is 0 Å². The highest BCUT2D eigenvalue weighted by atomic mass is 16.5. The molecule has 0 bridgehead atoms. The third-order valence-corrected chi connectivity index (χ3v) is 3.83. The molecule has 0 unspecified atom stereocenters. The quantitative estimate of drug-likeness (QED) is 0.490. The van der Waals surface area contributed by atoms with Crippen molar-refractivity contribution in [2.45, 2.75) is 0 Å². The lowest BCUT2D eigenvalue weighted by atomic mass is 10.2. The number of ether oxygens (including phenoxy) is 1. The lowest BCUT2D eigenvalue weighted by molar-refractivity contribution is -0.114. The summed E-state index contributed by atoms with van der Waals surface area (Å²) in [6.45, 7) is 0.897. The van der Waals surface area contributed by atoms with Crippen molar-refractivity contribution in [3.63, 3.8) is 0 Å². The molecule has 0 radical (unpaired) electrons. The summed E-state index contributed by atoms with van der Waals surface area (Å²) < 4.78 is 4.90. The molecule has 28 heavy (non-hydrogen) atoms. The molecule has 0 heterocycles. The van der Waals surface area contributed by atoms with Crippen molar-refractivity contribution in [2.75, 3.05) is 44.5 Å². The smallest absolute Gasteiger partial charge is 0.251 e. The molecule has 0 fully saturated rings. The van der Waals surface area contributed by atoms with Crippen LogP contribution in [0.15, 0.2) is 48.5 Å². The molecule has 2 aromatic rings. The van der Waals surface area contributed by atoms with E-state index in [4.69, 9.17) is 4.74 Å². The molecule has 0 saturated heterocycles. The van der Waals surface area contributed by atoms with E-state index in [0.717, 1.165) is 0 Å². The van der Waals surface area contributed by atoms with E-state index in [2.05, 4.69) is 21.3 Å². The Labute approximate surface area is 163 Å². The summed E-state index contributed by atoms with van der Waals surface area (Å²) in [5.41, 5.74) is 2.25. The average molecular weight is 384 g/mol. The van der Waals surface area contributed by atoms with Crippen LogP contribution in [-0.4, -0.2) is 51.6 Å². The molecular weight excluding hydrogens is 360 g/mol. The van der Waals surface area contributed by atoms with Gasteiger partial charge in [0.05, 0.1) is 13.2 Å². The molecule has 8 heteroatoms. The number of hydrogen-bond donors (Lipinski definition) is 4. The first-order chi connectivity index (χ1) is 13.5. The summed E-state index contributed by atoms with van der Waals surface area (Å²) in [4.78, 5) is 35.7. The molecule has 0 aliphatic rings. The Bertz CT molecular complexity index is 821. The Hall–Kier alpha value is -3.39. The third kappa shape index (κ3) is 6.40. The van der Waals surface area contributed by atoms with Crippen LogP contribution in [0.4, 0.5) is 11.4 Å². The second-order valence-corrected chi connectivity index (χ2v) is 5.89. The fraction of sp³-hybridized carbons (Fsp3) is 0.250. The minimum atomic E-state index is -0.248. The van der Waals surface area contributed by atoms with Gasteiger partial charge in [-0.1, -0.05) is 6.07 Å². The zero-order valence-electron chi connectivity index (χ0n) is 15.9. The maximum absolute atomic E-state index is 12.1. The molecule has 0 spiro atoms. The monoisotopic (exact) mass is 384 g/mol. The minimum Gasteiger partial charge on any atom is -0.383 e. The largest absolute Gasteiger partial charge is 0.383 e. The van der Waals surface area contributed by atoms with Gasteiger partial charge in [-0.2, -0.15) is 0 Å². The molecule has 4 N–H and O–H groups in total. The Morgan fingerprint density at radius 2 is 1.68 bits per heavy atom. The van der Waals surface area contributed by atoms with Gasteiger partial charge in [-0.3, -0.25) is 14.4 Å². The van der Waals surface area contributed by atoms with Gasteiger partial charge in [0.15, 0.2) is 0 Å². The first kappa shape index (κ1) is 20.9. The van der Waals surface area contributed by atoms with Crippen molar-refractivity contribution in [3.8, 4) is 0 Å². The van der Waals surface area contributed by atoms with Gasteiger partial charge in [0.2, 0.25) is 5.91 Å². The van der Waals surface area contributed by atoms with Gasteiger partial charge < -0.3 is 26.0 Å². The highest BCUT2D eigenvalue weighted by molar-refractivity contribution is 5.97. The number of benzene rings is 2. The lowest BCUT2D eigenvalue weighted by Crippen LogP contribution is -2.27. The Kier molecular flexibility index (Phi) is 7.98. The zero-order valence-corrected chi connectivity index (χ0v) is 15.9. The number of methoxy groups -OCH3 is 1. The van der Waals surface area contributed by atoms with E-state index in [1.54, 1.807) is 62.7 Å². The van der Waals surface area contributed by atoms with Gasteiger partial charge in [-0.25, -0.2) is 0 Å². The Morgan fingerprint density at radius 3 is 2.36 bits per heavy atom. The SMILES string of the molecule is CNC(=O)c1ccc(NC(=O)CNc2cccc(C(=O)NCCOC)c2)cc1. The van der Waals surface area contributed by atoms with E-state index in [9.17, 15) is 14.4 Å². The van der Waals surface area contributed by atoms with Crippen LogP contribution in [0.2, 0.25) is 0 Å². The molecule has 0 atom stereocenters. The Morgan fingerprint density at radius 1 is 0.929 bits per heavy atom. The van der Waals surface area contributed by atoms with E-state index in [1.165, 1.54) is 0 Å². The van der Waals surface area contributed by atoms with Crippen LogP contribution in [0.1, 0.15) is 20.7 Å². The maximum Gasteiger partial charge on any atom is 0.251 e. The van der Waals surface area contributed by atoms with Gasteiger partial charge in [0.25, 0.3) is 11.8 Å². The van der Waals surface area contributed by atoms with Crippen LogP contribution in [0.3, 0.4) is 0 Å². The second kappa shape index (κ2) is 10.7. The topological polar surface area (TPSA) is 109 Å². The van der Waals surface area contributed by atoms with E-state index in [0.29, 0.717) is 35.7 Å². The average Bonchev–Trinajstić information content (AvgIpc) is 2.72. The summed E-state index contributed by atoms with van der Waals surface area (Å²) in [7, 11) is 3.12. The normalized spacial score (nSPS) is 10.1. The number of amides is 3. The molecule has 2 aromatic carbocycles. The lowest BCUT2D eigenvalue weighted by Gasteiger charge is -2.10. The van der Waals surface area contributed by atoms with Crippen molar-refractivity contribution < 1.29 is 19.1 Å². The summed E-state index contributed by atoms with van der Waals surface area (Å²) in [5, 5.41) is 11.0. The van der Waals surface area contributed by atoms with Crippen LogP contribution in [-0.2, 0) is 9.53 Å². The number of carbonyl (C=O) groups is 3. The molecule has 0 aliphatic carbocycles. The van der Waals surface area contributed by atoms with Crippen LogP contribution >= 0.6 is 0 Å². The first-order valence-electron chi connectivity index (χ1n) is 8.76. The second-order valence-electron chi connectivity index (χ2n) is 5.89. The molecule has 148 valence electrons. The molecule has 0 aliphatic heterocycles. The molecule has 3 amide bonds. The van der Waals surface area contributed by atoms with Gasteiger partial charge in [-0.05, 0) is 42.5 Å². The number of carbonyl (C=O) groups excluding carboxylic acids is 3. The zero-order chi connectivity index (χ0) is 20.4. The molecule has 0 aromatic heterocycles. The number of nitrogens with one attached hydrogen (secondary N) is 4. The van der Waals surface area contributed by atoms with Gasteiger partial charge in [0, 0.05) is 43.2 Å². The van der Waals surface area contributed by atoms with Crippen molar-refractivity contribution in [1.29, 1.82) is 0 Å². The summed E-state index contributed by atoms with van der Waals surface area (Å²) >= 11 is 0. The number of hydrogen-bond acceptors (Lipinski definition) is 5. The summed E-state index contributed by atoms with van der Waals surface area (Å²) in [6.07, 6.45) is 0. The van der Waals surface area contributed by atoms with E-state index >= 15 is 0 Å². The minimum absolute atomic E-state index is 0.0337. The molecular formula is C20H24N4O4.